The van der Waals surface area contributed by atoms with Crippen LogP contribution in [0.25, 0.3) is 0 Å². The lowest BCUT2D eigenvalue weighted by Crippen LogP contribution is -2.36. The second kappa shape index (κ2) is 3.48. The van der Waals surface area contributed by atoms with Gasteiger partial charge in [0.25, 0.3) is 0 Å². The molecule has 1 fully saturated rings. The van der Waals surface area contributed by atoms with Crippen molar-refractivity contribution in [1.82, 2.24) is 0 Å². The van der Waals surface area contributed by atoms with E-state index < -0.39 is 5.92 Å². The summed E-state index contributed by atoms with van der Waals surface area (Å²) in [5.41, 5.74) is 2.58. The molecule has 0 radical (unpaired) electrons. The Balaban J connectivity index is 2.00. The normalized spacial score (nSPS) is 26.5. The Morgan fingerprint density at radius 2 is 2.14 bits per heavy atom. The molecule has 0 aliphatic heterocycles. The van der Waals surface area contributed by atoms with E-state index in [1.54, 1.807) is 0 Å². The lowest BCUT2D eigenvalue weighted by Gasteiger charge is -2.37. The van der Waals surface area contributed by atoms with Gasteiger partial charge in [0.05, 0.1) is 0 Å². The number of halogens is 2. The van der Waals surface area contributed by atoms with Crippen LogP contribution in [0.5, 0.6) is 0 Å². The molecular formula is C12H16F2. The van der Waals surface area contributed by atoms with E-state index >= 15 is 0 Å². The van der Waals surface area contributed by atoms with E-state index in [2.05, 4.69) is 19.1 Å². The van der Waals surface area contributed by atoms with Crippen molar-refractivity contribution in [3.63, 3.8) is 0 Å². The number of hydrogen-bond acceptors (Lipinski definition) is 0. The minimum atomic E-state index is -2.38. The standard InChI is InChI=1S/C12H16F2/c1-2-9-4-3-5-10(6-9)11-7-12(13,14)8-11/h4,6,11H,2-3,5,7-8H2,1H3. The summed E-state index contributed by atoms with van der Waals surface area (Å²) in [6.07, 6.45) is 7.57. The van der Waals surface area contributed by atoms with Crippen molar-refractivity contribution >= 4 is 0 Å². The minimum absolute atomic E-state index is 0.0792. The van der Waals surface area contributed by atoms with Crippen LogP contribution in [0.4, 0.5) is 8.78 Å². The summed E-state index contributed by atoms with van der Waals surface area (Å²) in [6.45, 7) is 2.11. The Kier molecular flexibility index (Phi) is 2.46. The molecule has 2 rings (SSSR count). The van der Waals surface area contributed by atoms with Crippen LogP contribution in [0.2, 0.25) is 0 Å². The second-order valence-corrected chi connectivity index (χ2v) is 4.35. The molecule has 0 spiro atoms. The van der Waals surface area contributed by atoms with Gasteiger partial charge in [-0.3, -0.25) is 0 Å². The molecule has 78 valence electrons. The van der Waals surface area contributed by atoms with Crippen molar-refractivity contribution in [2.45, 2.75) is 45.0 Å². The Bertz CT molecular complexity index is 279. The topological polar surface area (TPSA) is 0 Å². The first kappa shape index (κ1) is 9.88. The zero-order chi connectivity index (χ0) is 10.2. The summed E-state index contributed by atoms with van der Waals surface area (Å²) in [5, 5.41) is 0. The molecule has 0 heterocycles. The molecule has 1 saturated carbocycles. The fourth-order valence-corrected chi connectivity index (χ4v) is 2.29. The highest BCUT2D eigenvalue weighted by Crippen LogP contribution is 2.47. The average molecular weight is 198 g/mol. The molecule has 0 saturated heterocycles. The van der Waals surface area contributed by atoms with Gasteiger partial charge in [-0.25, -0.2) is 8.78 Å². The van der Waals surface area contributed by atoms with Crippen LogP contribution < -0.4 is 0 Å². The molecular weight excluding hydrogens is 182 g/mol. The monoisotopic (exact) mass is 198 g/mol. The largest absolute Gasteiger partial charge is 0.249 e. The third-order valence-corrected chi connectivity index (χ3v) is 3.23. The molecule has 0 atom stereocenters. The van der Waals surface area contributed by atoms with Crippen LogP contribution >= 0.6 is 0 Å². The van der Waals surface area contributed by atoms with E-state index in [0.717, 1.165) is 19.3 Å². The van der Waals surface area contributed by atoms with Crippen molar-refractivity contribution in [2.24, 2.45) is 5.92 Å². The number of allylic oxidation sites excluding steroid dienone is 4. The second-order valence-electron chi connectivity index (χ2n) is 4.35. The van der Waals surface area contributed by atoms with E-state index in [1.807, 2.05) is 0 Å². The molecule has 0 aromatic carbocycles. The highest BCUT2D eigenvalue weighted by molar-refractivity contribution is 5.30. The Labute approximate surface area is 83.7 Å². The van der Waals surface area contributed by atoms with Gasteiger partial charge in [-0.1, -0.05) is 30.2 Å². The third-order valence-electron chi connectivity index (χ3n) is 3.23. The van der Waals surface area contributed by atoms with Gasteiger partial charge in [-0.15, -0.1) is 0 Å². The maximum atomic E-state index is 12.7. The minimum Gasteiger partial charge on any atom is -0.207 e. The third kappa shape index (κ3) is 1.89. The molecule has 0 aromatic heterocycles. The molecule has 0 N–H and O–H groups in total. The first-order valence-corrected chi connectivity index (χ1v) is 5.38. The predicted molar refractivity (Wildman–Crippen MR) is 53.4 cm³/mol. The van der Waals surface area contributed by atoms with Gasteiger partial charge in [0, 0.05) is 12.8 Å². The maximum absolute atomic E-state index is 12.7. The van der Waals surface area contributed by atoms with Crippen LogP contribution in [0.3, 0.4) is 0 Å². The van der Waals surface area contributed by atoms with Crippen molar-refractivity contribution in [3.8, 4) is 0 Å². The van der Waals surface area contributed by atoms with Crippen molar-refractivity contribution in [3.05, 3.63) is 23.3 Å². The van der Waals surface area contributed by atoms with E-state index in [1.165, 1.54) is 11.1 Å². The molecule has 0 amide bonds. The highest BCUT2D eigenvalue weighted by Gasteiger charge is 2.46. The molecule has 14 heavy (non-hydrogen) atoms. The molecule has 2 heteroatoms. The zero-order valence-electron chi connectivity index (χ0n) is 8.52. The summed E-state index contributed by atoms with van der Waals surface area (Å²) in [7, 11) is 0. The van der Waals surface area contributed by atoms with Crippen LogP contribution in [0, 0.1) is 5.92 Å². The summed E-state index contributed by atoms with van der Waals surface area (Å²) in [6, 6.07) is 0. The molecule has 2 aliphatic rings. The fourth-order valence-electron chi connectivity index (χ4n) is 2.29. The van der Waals surface area contributed by atoms with Gasteiger partial charge in [0.15, 0.2) is 0 Å². The zero-order valence-corrected chi connectivity index (χ0v) is 8.52. The van der Waals surface area contributed by atoms with E-state index in [9.17, 15) is 8.78 Å². The highest BCUT2D eigenvalue weighted by atomic mass is 19.3. The summed E-state index contributed by atoms with van der Waals surface area (Å²) >= 11 is 0. The average Bonchev–Trinajstić information content (AvgIpc) is 2.14. The van der Waals surface area contributed by atoms with Crippen LogP contribution in [-0.2, 0) is 0 Å². The fraction of sp³-hybridized carbons (Fsp3) is 0.667. The Morgan fingerprint density at radius 1 is 1.43 bits per heavy atom. The summed E-state index contributed by atoms with van der Waals surface area (Å²) in [4.78, 5) is 0. The van der Waals surface area contributed by atoms with Crippen LogP contribution in [-0.4, -0.2) is 5.92 Å². The Hall–Kier alpha value is -0.660. The van der Waals surface area contributed by atoms with Gasteiger partial charge >= 0.3 is 0 Å². The molecule has 0 aromatic rings. The lowest BCUT2D eigenvalue weighted by atomic mass is 9.73. The number of rotatable bonds is 2. The van der Waals surface area contributed by atoms with Crippen molar-refractivity contribution in [1.29, 1.82) is 0 Å². The van der Waals surface area contributed by atoms with Crippen molar-refractivity contribution in [2.75, 3.05) is 0 Å². The predicted octanol–water partition coefficient (Wildman–Crippen LogP) is 4.09. The summed E-state index contributed by atoms with van der Waals surface area (Å²) in [5.74, 6) is -2.21. The van der Waals surface area contributed by atoms with E-state index in [-0.39, 0.29) is 18.8 Å². The number of alkyl halides is 2. The maximum Gasteiger partial charge on any atom is 0.249 e. The SMILES string of the molecule is CCC1=CCCC(C2CC(F)(F)C2)=C1. The van der Waals surface area contributed by atoms with Crippen LogP contribution in [0.15, 0.2) is 23.3 Å². The van der Waals surface area contributed by atoms with Gasteiger partial charge in [-0.05, 0) is 25.2 Å². The molecule has 0 unspecified atom stereocenters. The van der Waals surface area contributed by atoms with Crippen molar-refractivity contribution < 1.29 is 8.78 Å². The summed E-state index contributed by atoms with van der Waals surface area (Å²) < 4.78 is 25.4. The van der Waals surface area contributed by atoms with E-state index in [4.69, 9.17) is 0 Å². The van der Waals surface area contributed by atoms with Gasteiger partial charge in [0.1, 0.15) is 0 Å². The Morgan fingerprint density at radius 3 is 2.71 bits per heavy atom. The van der Waals surface area contributed by atoms with Gasteiger partial charge < -0.3 is 0 Å². The first-order chi connectivity index (χ1) is 6.61. The van der Waals surface area contributed by atoms with E-state index in [0.29, 0.717) is 0 Å². The molecule has 0 nitrogen and oxygen atoms in total. The first-order valence-electron chi connectivity index (χ1n) is 5.38. The van der Waals surface area contributed by atoms with Gasteiger partial charge in [-0.2, -0.15) is 0 Å². The van der Waals surface area contributed by atoms with Gasteiger partial charge in [0.2, 0.25) is 5.92 Å². The lowest BCUT2D eigenvalue weighted by molar-refractivity contribution is -0.1000. The molecule has 2 aliphatic carbocycles. The quantitative estimate of drug-likeness (QED) is 0.627. The smallest absolute Gasteiger partial charge is 0.207 e. The van der Waals surface area contributed by atoms with Crippen LogP contribution in [0.1, 0.15) is 39.0 Å². The molecule has 0 bridgehead atoms. The number of hydrogen-bond donors (Lipinski definition) is 0.